The summed E-state index contributed by atoms with van der Waals surface area (Å²) in [5.74, 6) is 1.13. The number of sulfonamides is 1. The summed E-state index contributed by atoms with van der Waals surface area (Å²) < 4.78 is 24.9. The molecule has 1 amide bonds. The van der Waals surface area contributed by atoms with Crippen LogP contribution in [0.3, 0.4) is 0 Å². The third-order valence-corrected chi connectivity index (χ3v) is 5.67. The van der Waals surface area contributed by atoms with Gasteiger partial charge < -0.3 is 9.80 Å². The lowest BCUT2D eigenvalue weighted by molar-refractivity contribution is 0.0168. The summed E-state index contributed by atoms with van der Waals surface area (Å²) in [6.45, 7) is 8.21. The Labute approximate surface area is 150 Å². The van der Waals surface area contributed by atoms with Crippen molar-refractivity contribution in [2.24, 2.45) is 11.8 Å². The lowest BCUT2D eigenvalue weighted by Gasteiger charge is -2.47. The maximum absolute atomic E-state index is 12.8. The van der Waals surface area contributed by atoms with E-state index in [2.05, 4.69) is 23.5 Å². The highest BCUT2D eigenvalue weighted by Gasteiger charge is 2.36. The number of carbonyl (C=O) groups is 1. The molecule has 2 atom stereocenters. The lowest BCUT2D eigenvalue weighted by atomic mass is 9.84. The number of piperidine rings is 2. The van der Waals surface area contributed by atoms with Crippen LogP contribution in [0.5, 0.6) is 0 Å². The quantitative estimate of drug-likeness (QED) is 0.884. The number of amides is 1. The number of likely N-dealkylation sites (tertiary alicyclic amines) is 2. The fraction of sp³-hybridized carbons (Fsp3) is 0.611. The van der Waals surface area contributed by atoms with Crippen LogP contribution in [0.15, 0.2) is 24.3 Å². The van der Waals surface area contributed by atoms with Crippen LogP contribution in [0, 0.1) is 11.8 Å². The molecule has 7 heteroatoms. The van der Waals surface area contributed by atoms with Crippen molar-refractivity contribution in [2.75, 3.05) is 37.2 Å². The first kappa shape index (κ1) is 18.2. The number of anilines is 1. The summed E-state index contributed by atoms with van der Waals surface area (Å²) in [5.41, 5.74) is 1.09. The van der Waals surface area contributed by atoms with Gasteiger partial charge in [-0.05, 0) is 56.4 Å². The van der Waals surface area contributed by atoms with Gasteiger partial charge in [0.15, 0.2) is 0 Å². The molecule has 0 unspecified atom stereocenters. The molecule has 2 saturated heterocycles. The van der Waals surface area contributed by atoms with Gasteiger partial charge in [-0.15, -0.1) is 0 Å². The molecule has 0 spiro atoms. The van der Waals surface area contributed by atoms with E-state index in [9.17, 15) is 13.2 Å². The van der Waals surface area contributed by atoms with E-state index >= 15 is 0 Å². The van der Waals surface area contributed by atoms with E-state index in [1.54, 1.807) is 24.3 Å². The molecule has 2 aliphatic rings. The van der Waals surface area contributed by atoms with Gasteiger partial charge in [0, 0.05) is 43.5 Å². The summed E-state index contributed by atoms with van der Waals surface area (Å²) in [6, 6.07) is 7.22. The molecule has 2 aliphatic heterocycles. The van der Waals surface area contributed by atoms with Crippen LogP contribution in [0.4, 0.5) is 5.69 Å². The second-order valence-electron chi connectivity index (χ2n) is 7.68. The molecule has 1 aromatic carbocycles. The second kappa shape index (κ2) is 6.96. The molecular weight excluding hydrogens is 338 g/mol. The standard InChI is InChI=1S/C18H27N3O3S/c1-13(2)20-9-14-8-15(10-20)12-21(11-14)18(22)16-4-6-17(7-5-16)19-25(3,23)24/h4-7,13-15,19H,8-12H2,1-3H3/t14-,15+. The number of carbonyl (C=O) groups excluding carboxylic acids is 1. The number of nitrogens with one attached hydrogen (secondary N) is 1. The molecule has 138 valence electrons. The van der Waals surface area contributed by atoms with E-state index in [1.807, 2.05) is 4.90 Å². The van der Waals surface area contributed by atoms with Crippen molar-refractivity contribution in [1.82, 2.24) is 9.80 Å². The van der Waals surface area contributed by atoms with E-state index in [4.69, 9.17) is 0 Å². The maximum atomic E-state index is 12.8. The van der Waals surface area contributed by atoms with Gasteiger partial charge in [-0.1, -0.05) is 0 Å². The van der Waals surface area contributed by atoms with Crippen LogP contribution in [-0.2, 0) is 10.0 Å². The molecule has 2 fully saturated rings. The SMILES string of the molecule is CC(C)N1C[C@@H]2C[C@@H](CN(C(=O)c3ccc(NS(C)(=O)=O)cc3)C2)C1. The van der Waals surface area contributed by atoms with Crippen molar-refractivity contribution in [3.63, 3.8) is 0 Å². The highest BCUT2D eigenvalue weighted by Crippen LogP contribution is 2.30. The predicted octanol–water partition coefficient (Wildman–Crippen LogP) is 1.86. The van der Waals surface area contributed by atoms with E-state index in [0.29, 0.717) is 29.1 Å². The zero-order chi connectivity index (χ0) is 18.2. The van der Waals surface area contributed by atoms with E-state index in [-0.39, 0.29) is 5.91 Å². The van der Waals surface area contributed by atoms with Crippen LogP contribution >= 0.6 is 0 Å². The third-order valence-electron chi connectivity index (χ3n) is 5.06. The minimum atomic E-state index is -3.30. The Balaban J connectivity index is 1.66. The van der Waals surface area contributed by atoms with Gasteiger partial charge in [0.05, 0.1) is 6.26 Å². The Morgan fingerprint density at radius 1 is 1.08 bits per heavy atom. The maximum Gasteiger partial charge on any atom is 0.253 e. The zero-order valence-electron chi connectivity index (χ0n) is 15.1. The van der Waals surface area contributed by atoms with Gasteiger partial charge in [0.25, 0.3) is 5.91 Å². The molecular formula is C18H27N3O3S. The number of rotatable bonds is 4. The van der Waals surface area contributed by atoms with Crippen molar-refractivity contribution in [1.29, 1.82) is 0 Å². The van der Waals surface area contributed by atoms with Crippen molar-refractivity contribution in [3.05, 3.63) is 29.8 Å². The van der Waals surface area contributed by atoms with E-state index in [1.165, 1.54) is 6.42 Å². The summed E-state index contributed by atoms with van der Waals surface area (Å²) in [6.07, 6.45) is 2.32. The van der Waals surface area contributed by atoms with Crippen molar-refractivity contribution >= 4 is 21.6 Å². The first-order valence-corrected chi connectivity index (χ1v) is 10.7. The van der Waals surface area contributed by atoms with Crippen LogP contribution in [-0.4, -0.2) is 62.6 Å². The van der Waals surface area contributed by atoms with E-state index in [0.717, 1.165) is 32.4 Å². The smallest absolute Gasteiger partial charge is 0.253 e. The molecule has 0 aromatic heterocycles. The molecule has 1 N–H and O–H groups in total. The average molecular weight is 365 g/mol. The number of fused-ring (bicyclic) bond motifs is 2. The van der Waals surface area contributed by atoms with Crippen molar-refractivity contribution in [3.8, 4) is 0 Å². The lowest BCUT2D eigenvalue weighted by Crippen LogP contribution is -2.55. The van der Waals surface area contributed by atoms with Crippen LogP contribution in [0.1, 0.15) is 30.6 Å². The van der Waals surface area contributed by atoms with Gasteiger partial charge >= 0.3 is 0 Å². The monoisotopic (exact) mass is 365 g/mol. The summed E-state index contributed by atoms with van der Waals surface area (Å²) in [4.78, 5) is 17.3. The topological polar surface area (TPSA) is 69.7 Å². The highest BCUT2D eigenvalue weighted by molar-refractivity contribution is 7.92. The Hall–Kier alpha value is -1.60. The molecule has 6 nitrogen and oxygen atoms in total. The zero-order valence-corrected chi connectivity index (χ0v) is 15.9. The van der Waals surface area contributed by atoms with Gasteiger partial charge in [-0.2, -0.15) is 0 Å². The largest absolute Gasteiger partial charge is 0.338 e. The number of hydrogen-bond donors (Lipinski definition) is 1. The minimum absolute atomic E-state index is 0.0404. The van der Waals surface area contributed by atoms with Gasteiger partial charge in [0.1, 0.15) is 0 Å². The first-order valence-electron chi connectivity index (χ1n) is 8.82. The van der Waals surface area contributed by atoms with Crippen LogP contribution in [0.2, 0.25) is 0 Å². The van der Waals surface area contributed by atoms with Crippen LogP contribution < -0.4 is 4.72 Å². The normalized spacial score (nSPS) is 24.4. The Kier molecular flexibility index (Phi) is 5.06. The molecule has 25 heavy (non-hydrogen) atoms. The molecule has 0 aliphatic carbocycles. The number of benzene rings is 1. The minimum Gasteiger partial charge on any atom is -0.338 e. The Morgan fingerprint density at radius 2 is 1.64 bits per heavy atom. The fourth-order valence-corrected chi connectivity index (χ4v) is 4.55. The number of nitrogens with zero attached hydrogens (tertiary/aromatic N) is 2. The number of hydrogen-bond acceptors (Lipinski definition) is 4. The molecule has 2 heterocycles. The summed E-state index contributed by atoms with van der Waals surface area (Å²) >= 11 is 0. The average Bonchev–Trinajstić information content (AvgIpc) is 2.52. The first-order chi connectivity index (χ1) is 11.7. The molecule has 0 saturated carbocycles. The van der Waals surface area contributed by atoms with Crippen molar-refractivity contribution < 1.29 is 13.2 Å². The third kappa shape index (κ3) is 4.52. The predicted molar refractivity (Wildman–Crippen MR) is 99.1 cm³/mol. The van der Waals surface area contributed by atoms with Crippen molar-refractivity contribution in [2.45, 2.75) is 26.3 Å². The fourth-order valence-electron chi connectivity index (χ4n) is 3.99. The van der Waals surface area contributed by atoms with Gasteiger partial charge in [-0.3, -0.25) is 9.52 Å². The van der Waals surface area contributed by atoms with E-state index < -0.39 is 10.0 Å². The highest BCUT2D eigenvalue weighted by atomic mass is 32.2. The molecule has 2 bridgehead atoms. The Morgan fingerprint density at radius 3 is 2.12 bits per heavy atom. The second-order valence-corrected chi connectivity index (χ2v) is 9.43. The molecule has 1 aromatic rings. The summed E-state index contributed by atoms with van der Waals surface area (Å²) in [7, 11) is -3.30. The Bertz CT molecular complexity index is 716. The van der Waals surface area contributed by atoms with Crippen LogP contribution in [0.25, 0.3) is 0 Å². The summed E-state index contributed by atoms with van der Waals surface area (Å²) in [5, 5.41) is 0. The van der Waals surface area contributed by atoms with Gasteiger partial charge in [-0.25, -0.2) is 8.42 Å². The molecule has 3 rings (SSSR count). The van der Waals surface area contributed by atoms with Gasteiger partial charge in [0.2, 0.25) is 10.0 Å². The molecule has 0 radical (unpaired) electrons.